The van der Waals surface area contributed by atoms with Crippen molar-refractivity contribution in [3.8, 4) is 0 Å². The molecule has 0 N–H and O–H groups in total. The topological polar surface area (TPSA) is 27.1 Å². The molecule has 0 amide bonds. The predicted octanol–water partition coefficient (Wildman–Crippen LogP) is 3.42. The molecule has 2 rings (SSSR count). The molecule has 0 atom stereocenters. The lowest BCUT2D eigenvalue weighted by atomic mass is 10.2. The van der Waals surface area contributed by atoms with E-state index >= 15 is 0 Å². The largest absolute Gasteiger partial charge is 0.385 e. The minimum absolute atomic E-state index is 0.843. The number of ether oxygens (including phenoxy) is 1. The van der Waals surface area contributed by atoms with Gasteiger partial charge in [-0.1, -0.05) is 19.1 Å². The molecular formula is C15H22N2O. The highest BCUT2D eigenvalue weighted by molar-refractivity contribution is 5.75. The van der Waals surface area contributed by atoms with E-state index in [9.17, 15) is 0 Å². The third kappa shape index (κ3) is 2.91. The Balaban J connectivity index is 2.19. The molecule has 1 heterocycles. The molecule has 18 heavy (non-hydrogen) atoms. The van der Waals surface area contributed by atoms with Crippen LogP contribution in [0.4, 0.5) is 0 Å². The summed E-state index contributed by atoms with van der Waals surface area (Å²) in [6.07, 6.45) is 4.44. The second-order valence-electron chi connectivity index (χ2n) is 4.62. The van der Waals surface area contributed by atoms with E-state index in [0.29, 0.717) is 0 Å². The second-order valence-corrected chi connectivity index (χ2v) is 4.62. The van der Waals surface area contributed by atoms with Gasteiger partial charge in [0.2, 0.25) is 0 Å². The normalized spacial score (nSPS) is 11.2. The van der Waals surface area contributed by atoms with E-state index in [1.54, 1.807) is 7.11 Å². The maximum Gasteiger partial charge on any atom is 0.109 e. The Morgan fingerprint density at radius 1 is 1.22 bits per heavy atom. The maximum atomic E-state index is 5.10. The maximum absolute atomic E-state index is 5.10. The smallest absolute Gasteiger partial charge is 0.109 e. The molecule has 1 aromatic heterocycles. The molecule has 0 bridgehead atoms. The summed E-state index contributed by atoms with van der Waals surface area (Å²) >= 11 is 0. The number of imidazole rings is 1. The lowest BCUT2D eigenvalue weighted by Crippen LogP contribution is -2.05. The zero-order valence-electron chi connectivity index (χ0n) is 11.4. The van der Waals surface area contributed by atoms with Gasteiger partial charge in [0, 0.05) is 26.7 Å². The molecule has 0 saturated heterocycles. The van der Waals surface area contributed by atoms with Gasteiger partial charge in [0.1, 0.15) is 5.82 Å². The minimum Gasteiger partial charge on any atom is -0.385 e. The van der Waals surface area contributed by atoms with Crippen LogP contribution in [0.25, 0.3) is 11.0 Å². The van der Waals surface area contributed by atoms with Crippen molar-refractivity contribution < 1.29 is 4.74 Å². The second kappa shape index (κ2) is 6.55. The molecule has 3 nitrogen and oxygen atoms in total. The van der Waals surface area contributed by atoms with E-state index in [1.807, 2.05) is 0 Å². The number of methoxy groups -OCH3 is 1. The highest BCUT2D eigenvalue weighted by Crippen LogP contribution is 2.18. The van der Waals surface area contributed by atoms with Crippen LogP contribution < -0.4 is 0 Å². The van der Waals surface area contributed by atoms with Gasteiger partial charge in [0.15, 0.2) is 0 Å². The van der Waals surface area contributed by atoms with E-state index in [4.69, 9.17) is 9.72 Å². The average molecular weight is 246 g/mol. The zero-order chi connectivity index (χ0) is 12.8. The van der Waals surface area contributed by atoms with Crippen LogP contribution in [0.15, 0.2) is 24.3 Å². The van der Waals surface area contributed by atoms with E-state index < -0.39 is 0 Å². The van der Waals surface area contributed by atoms with Crippen molar-refractivity contribution >= 4 is 11.0 Å². The fraction of sp³-hybridized carbons (Fsp3) is 0.533. The number of benzene rings is 1. The Labute approximate surface area is 109 Å². The summed E-state index contributed by atoms with van der Waals surface area (Å²) in [5.41, 5.74) is 2.38. The van der Waals surface area contributed by atoms with Crippen LogP contribution in [0.1, 0.15) is 32.0 Å². The van der Waals surface area contributed by atoms with E-state index in [2.05, 4.69) is 35.8 Å². The Morgan fingerprint density at radius 2 is 2.06 bits per heavy atom. The first kappa shape index (κ1) is 13.1. The van der Waals surface area contributed by atoms with Crippen molar-refractivity contribution in [2.45, 2.75) is 39.2 Å². The summed E-state index contributed by atoms with van der Waals surface area (Å²) in [7, 11) is 1.76. The number of hydrogen-bond donors (Lipinski definition) is 0. The molecular weight excluding hydrogens is 224 g/mol. The van der Waals surface area contributed by atoms with Crippen molar-refractivity contribution in [3.63, 3.8) is 0 Å². The summed E-state index contributed by atoms with van der Waals surface area (Å²) in [4.78, 5) is 4.73. The number of unbranched alkanes of at least 4 members (excludes halogenated alkanes) is 1. The van der Waals surface area contributed by atoms with Crippen LogP contribution in [0, 0.1) is 0 Å². The number of hydrogen-bond acceptors (Lipinski definition) is 2. The molecule has 0 aliphatic carbocycles. The van der Waals surface area contributed by atoms with Crippen molar-refractivity contribution in [2.24, 2.45) is 0 Å². The monoisotopic (exact) mass is 246 g/mol. The van der Waals surface area contributed by atoms with Gasteiger partial charge in [-0.05, 0) is 31.4 Å². The lowest BCUT2D eigenvalue weighted by molar-refractivity contribution is 0.191. The lowest BCUT2D eigenvalue weighted by Gasteiger charge is -2.08. The van der Waals surface area contributed by atoms with Crippen molar-refractivity contribution in [1.29, 1.82) is 0 Å². The molecule has 98 valence electrons. The van der Waals surface area contributed by atoms with Crippen molar-refractivity contribution in [2.75, 3.05) is 13.7 Å². The van der Waals surface area contributed by atoms with Crippen LogP contribution in [0.5, 0.6) is 0 Å². The number of rotatable bonds is 7. The van der Waals surface area contributed by atoms with Gasteiger partial charge in [0.25, 0.3) is 0 Å². The molecule has 0 aliphatic heterocycles. The molecule has 2 aromatic rings. The van der Waals surface area contributed by atoms with Crippen molar-refractivity contribution in [3.05, 3.63) is 30.1 Å². The first-order valence-electron chi connectivity index (χ1n) is 6.80. The number of nitrogens with zero attached hydrogens (tertiary/aromatic N) is 2. The number of aryl methyl sites for hydroxylation is 2. The quantitative estimate of drug-likeness (QED) is 0.700. The molecule has 0 fully saturated rings. The third-order valence-corrected chi connectivity index (χ3v) is 3.19. The molecule has 0 saturated carbocycles. The summed E-state index contributed by atoms with van der Waals surface area (Å²) in [6.45, 7) is 4.09. The standard InChI is InChI=1S/C15H22N2O/c1-3-8-15-16-13-9-4-5-10-14(13)17(15)11-6-7-12-18-2/h4-5,9-10H,3,6-8,11-12H2,1-2H3. The molecule has 0 unspecified atom stereocenters. The highest BCUT2D eigenvalue weighted by Gasteiger charge is 2.08. The van der Waals surface area contributed by atoms with Gasteiger partial charge in [-0.15, -0.1) is 0 Å². The van der Waals surface area contributed by atoms with Crippen LogP contribution in [0.3, 0.4) is 0 Å². The minimum atomic E-state index is 0.843. The highest BCUT2D eigenvalue weighted by atomic mass is 16.5. The summed E-state index contributed by atoms with van der Waals surface area (Å²) < 4.78 is 7.47. The third-order valence-electron chi connectivity index (χ3n) is 3.19. The fourth-order valence-corrected chi connectivity index (χ4v) is 2.31. The van der Waals surface area contributed by atoms with Gasteiger partial charge in [-0.25, -0.2) is 4.98 Å². The number of fused-ring (bicyclic) bond motifs is 1. The Morgan fingerprint density at radius 3 is 2.83 bits per heavy atom. The van der Waals surface area contributed by atoms with Gasteiger partial charge in [-0.2, -0.15) is 0 Å². The Kier molecular flexibility index (Phi) is 4.76. The predicted molar refractivity (Wildman–Crippen MR) is 74.8 cm³/mol. The van der Waals surface area contributed by atoms with E-state index in [-0.39, 0.29) is 0 Å². The van der Waals surface area contributed by atoms with Gasteiger partial charge in [0.05, 0.1) is 11.0 Å². The van der Waals surface area contributed by atoms with Crippen LogP contribution in [-0.4, -0.2) is 23.3 Å². The summed E-state index contributed by atoms with van der Waals surface area (Å²) in [6, 6.07) is 8.41. The first-order valence-corrected chi connectivity index (χ1v) is 6.80. The van der Waals surface area contributed by atoms with Crippen molar-refractivity contribution in [1.82, 2.24) is 9.55 Å². The van der Waals surface area contributed by atoms with E-state index in [1.165, 1.54) is 11.3 Å². The summed E-state index contributed by atoms with van der Waals surface area (Å²) in [5.74, 6) is 1.22. The van der Waals surface area contributed by atoms with Crippen LogP contribution in [-0.2, 0) is 17.7 Å². The molecule has 0 spiro atoms. The van der Waals surface area contributed by atoms with Gasteiger partial charge >= 0.3 is 0 Å². The zero-order valence-corrected chi connectivity index (χ0v) is 11.4. The van der Waals surface area contributed by atoms with Crippen LogP contribution >= 0.6 is 0 Å². The summed E-state index contributed by atoms with van der Waals surface area (Å²) in [5, 5.41) is 0. The molecule has 0 radical (unpaired) electrons. The Bertz CT molecular complexity index is 490. The fourth-order valence-electron chi connectivity index (χ4n) is 2.31. The van der Waals surface area contributed by atoms with E-state index in [0.717, 1.165) is 44.4 Å². The van der Waals surface area contributed by atoms with Gasteiger partial charge in [-0.3, -0.25) is 0 Å². The SMILES string of the molecule is CCCc1nc2ccccc2n1CCCCOC. The number of para-hydroxylation sites is 2. The average Bonchev–Trinajstić information content (AvgIpc) is 2.73. The molecule has 3 heteroatoms. The Hall–Kier alpha value is -1.35. The number of aromatic nitrogens is 2. The first-order chi connectivity index (χ1) is 8.86. The van der Waals surface area contributed by atoms with Gasteiger partial charge < -0.3 is 9.30 Å². The molecule has 1 aromatic carbocycles. The molecule has 0 aliphatic rings. The van der Waals surface area contributed by atoms with Crippen LogP contribution in [0.2, 0.25) is 0 Å².